The highest BCUT2D eigenvalue weighted by molar-refractivity contribution is 5.83. The lowest BCUT2D eigenvalue weighted by atomic mass is 10.1. The normalized spacial score (nSPS) is 20.7. The first-order chi connectivity index (χ1) is 11.9. The number of allylic oxidation sites excluding steroid dienone is 1. The van der Waals surface area contributed by atoms with Gasteiger partial charge >= 0.3 is 11.9 Å². The summed E-state index contributed by atoms with van der Waals surface area (Å²) >= 11 is 0. The Labute approximate surface area is 149 Å². The van der Waals surface area contributed by atoms with Crippen LogP contribution in [-0.2, 0) is 32.1 Å². The summed E-state index contributed by atoms with van der Waals surface area (Å²) in [5.41, 5.74) is 1.77. The molecule has 0 amide bonds. The molecular weight excluding hydrogens is 316 g/mol. The van der Waals surface area contributed by atoms with Gasteiger partial charge in [-0.2, -0.15) is 0 Å². The molecule has 1 aliphatic carbocycles. The van der Waals surface area contributed by atoms with Crippen LogP contribution in [0.5, 0.6) is 0 Å². The highest BCUT2D eigenvalue weighted by Crippen LogP contribution is 2.59. The summed E-state index contributed by atoms with van der Waals surface area (Å²) in [6.07, 6.45) is 9.01. The van der Waals surface area contributed by atoms with Crippen LogP contribution in [0.3, 0.4) is 0 Å². The molecule has 1 fully saturated rings. The van der Waals surface area contributed by atoms with Gasteiger partial charge in [0, 0.05) is 12.5 Å². The van der Waals surface area contributed by atoms with E-state index in [1.807, 2.05) is 38.1 Å². The number of hydrogen-bond donors (Lipinski definition) is 0. The molecule has 2 unspecified atom stereocenters. The Morgan fingerprint density at radius 2 is 1.84 bits per heavy atom. The van der Waals surface area contributed by atoms with E-state index in [2.05, 4.69) is 5.92 Å². The van der Waals surface area contributed by atoms with Crippen molar-refractivity contribution in [1.82, 2.24) is 0 Å². The summed E-state index contributed by atoms with van der Waals surface area (Å²) in [6.45, 7) is 6.31. The topological polar surface area (TPSA) is 52.6 Å². The lowest BCUT2D eigenvalue weighted by Crippen LogP contribution is -2.10. The van der Waals surface area contributed by atoms with Crippen LogP contribution in [0, 0.1) is 29.6 Å². The van der Waals surface area contributed by atoms with Crippen molar-refractivity contribution in [2.45, 2.75) is 33.8 Å². The predicted octanol–water partition coefficient (Wildman–Crippen LogP) is 3.30. The summed E-state index contributed by atoms with van der Waals surface area (Å²) in [7, 11) is 0. The molecule has 1 aromatic rings. The van der Waals surface area contributed by atoms with Gasteiger partial charge in [0.15, 0.2) is 0 Å². The molecule has 1 aliphatic rings. The SMILES string of the molecule is C#CCc1ccc(COC(=O)C2C(C=CC(=O)OCC)C2(C)C)cc1. The van der Waals surface area contributed by atoms with Crippen LogP contribution in [0.15, 0.2) is 36.4 Å². The summed E-state index contributed by atoms with van der Waals surface area (Å²) in [4.78, 5) is 23.8. The second-order valence-corrected chi connectivity index (χ2v) is 6.74. The van der Waals surface area contributed by atoms with E-state index >= 15 is 0 Å². The average Bonchev–Trinajstić information content (AvgIpc) is 3.13. The van der Waals surface area contributed by atoms with E-state index in [9.17, 15) is 9.59 Å². The molecule has 0 heterocycles. The van der Waals surface area contributed by atoms with Gasteiger partial charge in [0.1, 0.15) is 6.61 Å². The molecule has 25 heavy (non-hydrogen) atoms. The minimum atomic E-state index is -0.385. The standard InChI is InChI=1S/C21H24O4/c1-5-7-15-8-10-16(11-9-15)14-25-20(23)19-17(21(19,3)4)12-13-18(22)24-6-2/h1,8-13,17,19H,6-7,14H2,2-4H3. The molecule has 0 saturated heterocycles. The monoisotopic (exact) mass is 340 g/mol. The molecule has 4 nitrogen and oxygen atoms in total. The van der Waals surface area contributed by atoms with Crippen LogP contribution in [0.1, 0.15) is 31.9 Å². The molecular formula is C21H24O4. The summed E-state index contributed by atoms with van der Waals surface area (Å²) in [5.74, 6) is 1.72. The average molecular weight is 340 g/mol. The van der Waals surface area contributed by atoms with Gasteiger partial charge in [-0.05, 0) is 29.4 Å². The Bertz CT molecular complexity index is 692. The quantitative estimate of drug-likeness (QED) is 0.434. The highest BCUT2D eigenvalue weighted by atomic mass is 16.5. The number of carbonyl (C=O) groups is 2. The van der Waals surface area contributed by atoms with Crippen molar-refractivity contribution in [2.75, 3.05) is 6.61 Å². The molecule has 0 aromatic heterocycles. The number of terminal acetylenes is 1. The van der Waals surface area contributed by atoms with E-state index < -0.39 is 0 Å². The van der Waals surface area contributed by atoms with Crippen molar-refractivity contribution >= 4 is 11.9 Å². The van der Waals surface area contributed by atoms with Crippen LogP contribution < -0.4 is 0 Å². The van der Waals surface area contributed by atoms with Crippen molar-refractivity contribution in [3.05, 3.63) is 47.5 Å². The fourth-order valence-corrected chi connectivity index (χ4v) is 2.98. The zero-order chi connectivity index (χ0) is 18.4. The molecule has 0 spiro atoms. The van der Waals surface area contributed by atoms with Crippen LogP contribution in [-0.4, -0.2) is 18.5 Å². The number of hydrogen-bond acceptors (Lipinski definition) is 4. The summed E-state index contributed by atoms with van der Waals surface area (Å²) in [6, 6.07) is 7.70. The van der Waals surface area contributed by atoms with E-state index in [0.717, 1.165) is 11.1 Å². The molecule has 2 rings (SSSR count). The molecule has 1 saturated carbocycles. The molecule has 2 atom stereocenters. The van der Waals surface area contributed by atoms with E-state index in [0.29, 0.717) is 13.0 Å². The first-order valence-corrected chi connectivity index (χ1v) is 8.43. The van der Waals surface area contributed by atoms with Crippen molar-refractivity contribution in [2.24, 2.45) is 17.3 Å². The van der Waals surface area contributed by atoms with Gasteiger partial charge in [0.25, 0.3) is 0 Å². The Morgan fingerprint density at radius 3 is 2.44 bits per heavy atom. The maximum atomic E-state index is 12.3. The van der Waals surface area contributed by atoms with E-state index in [1.54, 1.807) is 13.0 Å². The van der Waals surface area contributed by atoms with E-state index in [4.69, 9.17) is 15.9 Å². The maximum Gasteiger partial charge on any atom is 0.330 e. The van der Waals surface area contributed by atoms with Gasteiger partial charge in [-0.15, -0.1) is 12.3 Å². The number of benzene rings is 1. The predicted molar refractivity (Wildman–Crippen MR) is 95.3 cm³/mol. The van der Waals surface area contributed by atoms with Gasteiger partial charge in [0.05, 0.1) is 12.5 Å². The molecule has 0 aliphatic heterocycles. The van der Waals surface area contributed by atoms with Crippen LogP contribution in [0.25, 0.3) is 0 Å². The lowest BCUT2D eigenvalue weighted by molar-refractivity contribution is -0.147. The largest absolute Gasteiger partial charge is 0.463 e. The van der Waals surface area contributed by atoms with Crippen molar-refractivity contribution in [1.29, 1.82) is 0 Å². The second-order valence-electron chi connectivity index (χ2n) is 6.74. The summed E-state index contributed by atoms with van der Waals surface area (Å²) < 4.78 is 10.3. The third-order valence-corrected chi connectivity index (χ3v) is 4.60. The fraction of sp³-hybridized carbons (Fsp3) is 0.429. The number of rotatable bonds is 7. The summed E-state index contributed by atoms with van der Waals surface area (Å²) in [5, 5.41) is 0. The van der Waals surface area contributed by atoms with Gasteiger partial charge in [0.2, 0.25) is 0 Å². The molecule has 0 radical (unpaired) electrons. The molecule has 0 N–H and O–H groups in total. The minimum absolute atomic E-state index is 0.0117. The van der Waals surface area contributed by atoms with Crippen molar-refractivity contribution in [3.8, 4) is 12.3 Å². The number of ether oxygens (including phenoxy) is 2. The minimum Gasteiger partial charge on any atom is -0.463 e. The van der Waals surface area contributed by atoms with Crippen LogP contribution in [0.2, 0.25) is 0 Å². The zero-order valence-corrected chi connectivity index (χ0v) is 15.0. The highest BCUT2D eigenvalue weighted by Gasteiger charge is 2.61. The smallest absolute Gasteiger partial charge is 0.330 e. The third kappa shape index (κ3) is 4.73. The fourth-order valence-electron chi connectivity index (χ4n) is 2.98. The Hall–Kier alpha value is -2.54. The lowest BCUT2D eigenvalue weighted by Gasteiger charge is -2.06. The second kappa shape index (κ2) is 8.02. The van der Waals surface area contributed by atoms with E-state index in [1.165, 1.54) is 6.08 Å². The first kappa shape index (κ1) is 18.8. The molecule has 1 aromatic carbocycles. The zero-order valence-electron chi connectivity index (χ0n) is 15.0. The molecule has 132 valence electrons. The Balaban J connectivity index is 1.88. The van der Waals surface area contributed by atoms with Crippen LogP contribution in [0.4, 0.5) is 0 Å². The van der Waals surface area contributed by atoms with Gasteiger partial charge in [-0.3, -0.25) is 4.79 Å². The Morgan fingerprint density at radius 1 is 1.20 bits per heavy atom. The Kier molecular flexibility index (Phi) is 6.03. The molecule has 4 heteroatoms. The van der Waals surface area contributed by atoms with Crippen LogP contribution >= 0.6 is 0 Å². The van der Waals surface area contributed by atoms with Gasteiger partial charge in [-0.25, -0.2) is 4.79 Å². The van der Waals surface area contributed by atoms with Crippen molar-refractivity contribution in [3.63, 3.8) is 0 Å². The number of esters is 2. The van der Waals surface area contributed by atoms with Gasteiger partial charge < -0.3 is 9.47 Å². The third-order valence-electron chi connectivity index (χ3n) is 4.60. The van der Waals surface area contributed by atoms with E-state index in [-0.39, 0.29) is 35.8 Å². The first-order valence-electron chi connectivity index (χ1n) is 8.43. The van der Waals surface area contributed by atoms with Gasteiger partial charge in [-0.1, -0.05) is 44.2 Å². The maximum absolute atomic E-state index is 12.3. The van der Waals surface area contributed by atoms with Crippen molar-refractivity contribution < 1.29 is 19.1 Å². The molecule has 0 bridgehead atoms. The number of carbonyl (C=O) groups excluding carboxylic acids is 2.